The molecule has 0 spiro atoms. The van der Waals surface area contributed by atoms with Crippen molar-refractivity contribution in [2.45, 2.75) is 38.2 Å². The summed E-state index contributed by atoms with van der Waals surface area (Å²) < 4.78 is 24.1. The van der Waals surface area contributed by atoms with Crippen molar-refractivity contribution in [3.63, 3.8) is 0 Å². The van der Waals surface area contributed by atoms with Crippen molar-refractivity contribution in [2.75, 3.05) is 26.9 Å². The molecule has 170 valence electrons. The number of rotatable bonds is 8. The topological polar surface area (TPSA) is 69.2 Å². The number of halogens is 1. The first-order valence-corrected chi connectivity index (χ1v) is 11.1. The highest BCUT2D eigenvalue weighted by molar-refractivity contribution is 6.03. The standard InChI is InChI=1S/C25H29FN2O4/c1-30-23-5-3-2-4-21(23)22-16-20(32-28-22)17-25(11-14-31-15-12-25)24(29)27-13-10-18-6-8-19(26)9-7-18/h2-9,20H,10-17H2,1H3,(H,27,29)/t20-/m0/s1. The van der Waals surface area contributed by atoms with Crippen LogP contribution < -0.4 is 10.1 Å². The first kappa shape index (κ1) is 22.3. The zero-order chi connectivity index (χ0) is 22.4. The molecule has 2 aliphatic rings. The number of benzene rings is 2. The molecule has 0 aliphatic carbocycles. The molecular weight excluding hydrogens is 411 g/mol. The van der Waals surface area contributed by atoms with Crippen LogP contribution in [0.5, 0.6) is 5.75 Å². The third kappa shape index (κ3) is 5.10. The highest BCUT2D eigenvalue weighted by atomic mass is 19.1. The summed E-state index contributed by atoms with van der Waals surface area (Å²) in [5.74, 6) is 0.525. The molecule has 7 heteroatoms. The largest absolute Gasteiger partial charge is 0.496 e. The van der Waals surface area contributed by atoms with Crippen molar-refractivity contribution in [3.8, 4) is 5.75 Å². The van der Waals surface area contributed by atoms with Crippen molar-refractivity contribution < 1.29 is 23.5 Å². The molecule has 1 N–H and O–H groups in total. The Bertz CT molecular complexity index is 955. The minimum atomic E-state index is -0.544. The molecule has 2 aromatic carbocycles. The Balaban J connectivity index is 1.37. The molecule has 6 nitrogen and oxygen atoms in total. The third-order valence-corrected chi connectivity index (χ3v) is 6.31. The van der Waals surface area contributed by atoms with Gasteiger partial charge in [0.2, 0.25) is 5.91 Å². The summed E-state index contributed by atoms with van der Waals surface area (Å²) in [5.41, 5.74) is 2.20. The van der Waals surface area contributed by atoms with Gasteiger partial charge in [0.25, 0.3) is 0 Å². The number of carbonyl (C=O) groups excluding carboxylic acids is 1. The Morgan fingerprint density at radius 3 is 2.69 bits per heavy atom. The van der Waals surface area contributed by atoms with E-state index >= 15 is 0 Å². The molecular formula is C25H29FN2O4. The maximum Gasteiger partial charge on any atom is 0.226 e. The number of methoxy groups -OCH3 is 1. The van der Waals surface area contributed by atoms with E-state index < -0.39 is 5.41 Å². The maximum absolute atomic E-state index is 13.3. The van der Waals surface area contributed by atoms with Gasteiger partial charge in [0.1, 0.15) is 17.7 Å². The van der Waals surface area contributed by atoms with Gasteiger partial charge in [-0.2, -0.15) is 0 Å². The molecule has 1 fully saturated rings. The van der Waals surface area contributed by atoms with Crippen LogP contribution in [-0.4, -0.2) is 44.6 Å². The first-order valence-electron chi connectivity index (χ1n) is 11.1. The Hall–Kier alpha value is -2.93. The van der Waals surface area contributed by atoms with Gasteiger partial charge in [-0.25, -0.2) is 4.39 Å². The van der Waals surface area contributed by atoms with Crippen LogP contribution in [0.4, 0.5) is 4.39 Å². The molecule has 0 unspecified atom stereocenters. The molecule has 1 amide bonds. The lowest BCUT2D eigenvalue weighted by Crippen LogP contribution is -2.47. The van der Waals surface area contributed by atoms with Crippen LogP contribution in [0.15, 0.2) is 53.7 Å². The molecule has 2 heterocycles. The fraction of sp³-hybridized carbons (Fsp3) is 0.440. The number of ether oxygens (including phenoxy) is 2. The summed E-state index contributed by atoms with van der Waals surface area (Å²) in [6, 6.07) is 14.1. The summed E-state index contributed by atoms with van der Waals surface area (Å²) in [4.78, 5) is 19.0. The van der Waals surface area contributed by atoms with Crippen molar-refractivity contribution in [3.05, 3.63) is 65.5 Å². The molecule has 1 saturated heterocycles. The predicted octanol–water partition coefficient (Wildman–Crippen LogP) is 3.87. The number of para-hydroxylation sites is 1. The Kier molecular flexibility index (Phi) is 7.05. The van der Waals surface area contributed by atoms with E-state index in [1.54, 1.807) is 19.2 Å². The second-order valence-corrected chi connectivity index (χ2v) is 8.40. The van der Waals surface area contributed by atoms with Gasteiger partial charge in [-0.3, -0.25) is 4.79 Å². The summed E-state index contributed by atoms with van der Waals surface area (Å²) >= 11 is 0. The van der Waals surface area contributed by atoms with Gasteiger partial charge in [0.15, 0.2) is 0 Å². The molecule has 32 heavy (non-hydrogen) atoms. The van der Waals surface area contributed by atoms with Crippen molar-refractivity contribution in [1.29, 1.82) is 0 Å². The van der Waals surface area contributed by atoms with Crippen molar-refractivity contribution >= 4 is 11.6 Å². The molecule has 0 bridgehead atoms. The molecule has 1 atom stereocenters. The number of hydrogen-bond acceptors (Lipinski definition) is 5. The van der Waals surface area contributed by atoms with E-state index in [1.165, 1.54) is 12.1 Å². The van der Waals surface area contributed by atoms with Crippen LogP contribution >= 0.6 is 0 Å². The average molecular weight is 441 g/mol. The van der Waals surface area contributed by atoms with Gasteiger partial charge >= 0.3 is 0 Å². The van der Waals surface area contributed by atoms with Crippen molar-refractivity contribution in [2.24, 2.45) is 10.6 Å². The average Bonchev–Trinajstić information content (AvgIpc) is 3.29. The van der Waals surface area contributed by atoms with E-state index in [0.29, 0.717) is 51.9 Å². The number of hydrogen-bond donors (Lipinski definition) is 1. The van der Waals surface area contributed by atoms with E-state index in [4.69, 9.17) is 14.3 Å². The summed E-state index contributed by atoms with van der Waals surface area (Å²) in [6.45, 7) is 1.61. The molecule has 2 aromatic rings. The Morgan fingerprint density at radius 1 is 1.19 bits per heavy atom. The predicted molar refractivity (Wildman–Crippen MR) is 119 cm³/mol. The fourth-order valence-electron chi connectivity index (χ4n) is 4.46. The van der Waals surface area contributed by atoms with Crippen LogP contribution in [0.2, 0.25) is 0 Å². The minimum absolute atomic E-state index is 0.0252. The van der Waals surface area contributed by atoms with Gasteiger partial charge in [-0.15, -0.1) is 0 Å². The summed E-state index contributed by atoms with van der Waals surface area (Å²) in [7, 11) is 1.64. The number of nitrogens with zero attached hydrogens (tertiary/aromatic N) is 1. The Labute approximate surface area is 187 Å². The normalized spacial score (nSPS) is 19.7. The zero-order valence-electron chi connectivity index (χ0n) is 18.3. The van der Waals surface area contributed by atoms with Gasteiger partial charge in [-0.05, 0) is 49.1 Å². The maximum atomic E-state index is 13.3. The molecule has 4 rings (SSSR count). The fourth-order valence-corrected chi connectivity index (χ4v) is 4.46. The second kappa shape index (κ2) is 10.1. The zero-order valence-corrected chi connectivity index (χ0v) is 18.3. The van der Waals surface area contributed by atoms with Gasteiger partial charge in [-0.1, -0.05) is 29.4 Å². The lowest BCUT2D eigenvalue weighted by molar-refractivity contribution is -0.140. The van der Waals surface area contributed by atoms with Crippen LogP contribution in [0.1, 0.15) is 36.8 Å². The molecule has 0 saturated carbocycles. The third-order valence-electron chi connectivity index (χ3n) is 6.31. The van der Waals surface area contributed by atoms with Crippen LogP contribution in [0.3, 0.4) is 0 Å². The van der Waals surface area contributed by atoms with Gasteiger partial charge in [0, 0.05) is 38.2 Å². The van der Waals surface area contributed by atoms with E-state index in [-0.39, 0.29) is 17.8 Å². The van der Waals surface area contributed by atoms with Crippen LogP contribution in [0, 0.1) is 11.2 Å². The lowest BCUT2D eigenvalue weighted by atomic mass is 9.74. The summed E-state index contributed by atoms with van der Waals surface area (Å²) in [5, 5.41) is 7.39. The molecule has 2 aliphatic heterocycles. The molecule has 0 radical (unpaired) electrons. The van der Waals surface area contributed by atoms with Gasteiger partial charge < -0.3 is 19.6 Å². The minimum Gasteiger partial charge on any atom is -0.496 e. The number of nitrogens with one attached hydrogen (secondary N) is 1. The van der Waals surface area contributed by atoms with E-state index in [9.17, 15) is 9.18 Å². The first-order chi connectivity index (χ1) is 15.6. The quantitative estimate of drug-likeness (QED) is 0.677. The highest BCUT2D eigenvalue weighted by Crippen LogP contribution is 2.39. The van der Waals surface area contributed by atoms with Crippen LogP contribution in [0.25, 0.3) is 0 Å². The smallest absolute Gasteiger partial charge is 0.226 e. The van der Waals surface area contributed by atoms with E-state index in [2.05, 4.69) is 10.5 Å². The number of oxime groups is 1. The second-order valence-electron chi connectivity index (χ2n) is 8.40. The monoisotopic (exact) mass is 440 g/mol. The highest BCUT2D eigenvalue weighted by Gasteiger charge is 2.43. The van der Waals surface area contributed by atoms with Crippen LogP contribution in [-0.2, 0) is 20.8 Å². The van der Waals surface area contributed by atoms with Crippen molar-refractivity contribution in [1.82, 2.24) is 5.32 Å². The lowest BCUT2D eigenvalue weighted by Gasteiger charge is -2.37. The van der Waals surface area contributed by atoms with Gasteiger partial charge in [0.05, 0.1) is 18.2 Å². The van der Waals surface area contributed by atoms with E-state index in [0.717, 1.165) is 22.6 Å². The number of amides is 1. The summed E-state index contributed by atoms with van der Waals surface area (Å²) in [6.07, 6.45) is 3.00. The number of carbonyl (C=O) groups is 1. The Morgan fingerprint density at radius 2 is 1.94 bits per heavy atom. The SMILES string of the molecule is COc1ccccc1C1=NO[C@H](CC2(C(=O)NCCc3ccc(F)cc3)CCOCC2)C1. The molecule has 0 aromatic heterocycles. The van der Waals surface area contributed by atoms with E-state index in [1.807, 2.05) is 24.3 Å².